The molecule has 0 aliphatic rings. The molecular formula is C14H16ClN3O. The number of halogens is 1. The largest absolute Gasteiger partial charge is 0.294 e. The average molecular weight is 278 g/mol. The number of aromatic nitrogens is 3. The lowest BCUT2D eigenvalue weighted by atomic mass is 10.1. The van der Waals surface area contributed by atoms with Crippen LogP contribution in [0.2, 0.25) is 5.15 Å². The number of carbonyl (C=O) groups excluding carboxylic acids is 1. The maximum atomic E-state index is 12.1. The zero-order chi connectivity index (χ0) is 13.8. The van der Waals surface area contributed by atoms with E-state index in [2.05, 4.69) is 23.9 Å². The molecule has 0 bridgehead atoms. The van der Waals surface area contributed by atoms with Gasteiger partial charge in [-0.2, -0.15) is 5.10 Å². The van der Waals surface area contributed by atoms with Crippen LogP contribution >= 0.6 is 11.6 Å². The summed E-state index contributed by atoms with van der Waals surface area (Å²) in [6, 6.07) is 5.47. The molecule has 0 saturated carbocycles. The van der Waals surface area contributed by atoms with E-state index in [0.717, 1.165) is 12.1 Å². The third-order valence-electron chi connectivity index (χ3n) is 3.10. The van der Waals surface area contributed by atoms with Crippen molar-refractivity contribution >= 4 is 17.4 Å². The Labute approximate surface area is 117 Å². The van der Waals surface area contributed by atoms with Crippen LogP contribution < -0.4 is 0 Å². The van der Waals surface area contributed by atoms with E-state index in [1.807, 2.05) is 16.9 Å². The molecule has 0 aromatic carbocycles. The normalized spacial score (nSPS) is 12.4. The summed E-state index contributed by atoms with van der Waals surface area (Å²) in [4.78, 5) is 15.9. The lowest BCUT2D eigenvalue weighted by Gasteiger charge is -2.08. The van der Waals surface area contributed by atoms with E-state index in [-0.39, 0.29) is 12.2 Å². The topological polar surface area (TPSA) is 47.8 Å². The molecule has 0 saturated heterocycles. The Balaban J connectivity index is 2.09. The first-order valence-corrected chi connectivity index (χ1v) is 6.66. The molecule has 5 heteroatoms. The highest BCUT2D eigenvalue weighted by Gasteiger charge is 2.11. The van der Waals surface area contributed by atoms with Gasteiger partial charge in [0.25, 0.3) is 0 Å². The summed E-state index contributed by atoms with van der Waals surface area (Å²) < 4.78 is 1.89. The quantitative estimate of drug-likeness (QED) is 0.622. The van der Waals surface area contributed by atoms with Crippen molar-refractivity contribution in [1.82, 2.24) is 14.8 Å². The Bertz CT molecular complexity index is 580. The van der Waals surface area contributed by atoms with Crippen LogP contribution in [0.5, 0.6) is 0 Å². The number of ketones is 1. The fourth-order valence-electron chi connectivity index (χ4n) is 1.75. The third kappa shape index (κ3) is 3.41. The van der Waals surface area contributed by atoms with Gasteiger partial charge in [0.1, 0.15) is 5.15 Å². The van der Waals surface area contributed by atoms with Gasteiger partial charge in [0.2, 0.25) is 0 Å². The van der Waals surface area contributed by atoms with Crippen LogP contribution in [0.25, 0.3) is 0 Å². The highest BCUT2D eigenvalue weighted by Crippen LogP contribution is 2.12. The minimum absolute atomic E-state index is 0.00120. The van der Waals surface area contributed by atoms with Crippen molar-refractivity contribution in [1.29, 1.82) is 0 Å². The lowest BCUT2D eigenvalue weighted by molar-refractivity contribution is 0.0991. The van der Waals surface area contributed by atoms with E-state index in [4.69, 9.17) is 11.6 Å². The SMILES string of the molecule is CCC(C)n1ccc(CC(=O)c2ccnc(Cl)c2)n1. The molecule has 100 valence electrons. The molecule has 0 spiro atoms. The molecule has 4 nitrogen and oxygen atoms in total. The van der Waals surface area contributed by atoms with Crippen LogP contribution in [0.3, 0.4) is 0 Å². The first-order chi connectivity index (χ1) is 9.10. The van der Waals surface area contributed by atoms with Gasteiger partial charge in [-0.05, 0) is 31.5 Å². The Morgan fingerprint density at radius 2 is 2.26 bits per heavy atom. The highest BCUT2D eigenvalue weighted by atomic mass is 35.5. The van der Waals surface area contributed by atoms with Crippen LogP contribution in [0, 0.1) is 0 Å². The van der Waals surface area contributed by atoms with Gasteiger partial charge in [0, 0.05) is 24.0 Å². The van der Waals surface area contributed by atoms with Crippen molar-refractivity contribution in [3.05, 3.63) is 47.0 Å². The van der Waals surface area contributed by atoms with Crippen molar-refractivity contribution in [3.8, 4) is 0 Å². The fraction of sp³-hybridized carbons (Fsp3) is 0.357. The molecule has 0 N–H and O–H groups in total. The second-order valence-corrected chi connectivity index (χ2v) is 4.90. The van der Waals surface area contributed by atoms with Crippen LogP contribution in [0.4, 0.5) is 0 Å². The summed E-state index contributed by atoms with van der Waals surface area (Å²) in [6.45, 7) is 4.21. The van der Waals surface area contributed by atoms with Crippen molar-refractivity contribution in [2.75, 3.05) is 0 Å². The van der Waals surface area contributed by atoms with Gasteiger partial charge in [0.15, 0.2) is 5.78 Å². The minimum atomic E-state index is -0.00120. The number of Topliss-reactive ketones (excluding diaryl/α,β-unsaturated/α-hetero) is 1. The first kappa shape index (κ1) is 13.7. The van der Waals surface area contributed by atoms with E-state index < -0.39 is 0 Å². The number of carbonyl (C=O) groups is 1. The van der Waals surface area contributed by atoms with Gasteiger partial charge in [-0.25, -0.2) is 4.98 Å². The standard InChI is InChI=1S/C14H16ClN3O/c1-3-10(2)18-7-5-12(17-18)9-13(19)11-4-6-16-14(15)8-11/h4-8,10H,3,9H2,1-2H3. The number of pyridine rings is 1. The molecule has 1 unspecified atom stereocenters. The van der Waals surface area contributed by atoms with Crippen LogP contribution in [0.15, 0.2) is 30.6 Å². The third-order valence-corrected chi connectivity index (χ3v) is 3.30. The van der Waals surface area contributed by atoms with Gasteiger partial charge in [-0.1, -0.05) is 18.5 Å². The highest BCUT2D eigenvalue weighted by molar-refractivity contribution is 6.29. The van der Waals surface area contributed by atoms with E-state index in [9.17, 15) is 4.79 Å². The summed E-state index contributed by atoms with van der Waals surface area (Å²) in [6.07, 6.45) is 4.74. The van der Waals surface area contributed by atoms with Crippen molar-refractivity contribution in [2.24, 2.45) is 0 Å². The molecule has 0 amide bonds. The lowest BCUT2D eigenvalue weighted by Crippen LogP contribution is -2.08. The van der Waals surface area contributed by atoms with Gasteiger partial charge in [-0.3, -0.25) is 9.48 Å². The molecule has 2 heterocycles. The van der Waals surface area contributed by atoms with Crippen LogP contribution in [-0.4, -0.2) is 20.5 Å². The number of hydrogen-bond acceptors (Lipinski definition) is 3. The zero-order valence-electron chi connectivity index (χ0n) is 11.0. The summed E-state index contributed by atoms with van der Waals surface area (Å²) in [5.74, 6) is -0.00120. The zero-order valence-corrected chi connectivity index (χ0v) is 11.8. The minimum Gasteiger partial charge on any atom is -0.294 e. The summed E-state index contributed by atoms with van der Waals surface area (Å²) in [5, 5.41) is 4.75. The molecule has 0 radical (unpaired) electrons. The number of nitrogens with zero attached hydrogens (tertiary/aromatic N) is 3. The number of hydrogen-bond donors (Lipinski definition) is 0. The molecule has 1 atom stereocenters. The molecule has 2 aromatic heterocycles. The molecule has 0 fully saturated rings. The van der Waals surface area contributed by atoms with Gasteiger partial charge >= 0.3 is 0 Å². The van der Waals surface area contributed by atoms with Crippen LogP contribution in [0.1, 0.15) is 42.4 Å². The second-order valence-electron chi connectivity index (χ2n) is 4.51. The first-order valence-electron chi connectivity index (χ1n) is 6.29. The molecular weight excluding hydrogens is 262 g/mol. The smallest absolute Gasteiger partial charge is 0.169 e. The Hall–Kier alpha value is -1.68. The maximum Gasteiger partial charge on any atom is 0.169 e. The van der Waals surface area contributed by atoms with Crippen molar-refractivity contribution in [3.63, 3.8) is 0 Å². The summed E-state index contributed by atoms with van der Waals surface area (Å²) in [5.41, 5.74) is 1.34. The monoisotopic (exact) mass is 277 g/mol. The van der Waals surface area contributed by atoms with Gasteiger partial charge in [0.05, 0.1) is 12.1 Å². The predicted octanol–water partition coefficient (Wildman–Crippen LogP) is 3.33. The molecule has 0 aliphatic heterocycles. The van der Waals surface area contributed by atoms with Crippen molar-refractivity contribution < 1.29 is 4.79 Å². The molecule has 0 aliphatic carbocycles. The summed E-state index contributed by atoms with van der Waals surface area (Å²) >= 11 is 5.77. The average Bonchev–Trinajstić information content (AvgIpc) is 2.86. The molecule has 2 rings (SSSR count). The Morgan fingerprint density at radius 1 is 1.47 bits per heavy atom. The Morgan fingerprint density at radius 3 is 2.95 bits per heavy atom. The predicted molar refractivity (Wildman–Crippen MR) is 74.5 cm³/mol. The molecule has 2 aromatic rings. The Kier molecular flexibility index (Phi) is 4.32. The second kappa shape index (κ2) is 5.97. The van der Waals surface area contributed by atoms with Gasteiger partial charge in [-0.15, -0.1) is 0 Å². The fourth-order valence-corrected chi connectivity index (χ4v) is 1.92. The van der Waals surface area contributed by atoms with Gasteiger partial charge < -0.3 is 0 Å². The number of rotatable bonds is 5. The maximum absolute atomic E-state index is 12.1. The van der Waals surface area contributed by atoms with E-state index in [0.29, 0.717) is 16.8 Å². The van der Waals surface area contributed by atoms with E-state index in [1.54, 1.807) is 12.1 Å². The van der Waals surface area contributed by atoms with E-state index >= 15 is 0 Å². The van der Waals surface area contributed by atoms with Crippen molar-refractivity contribution in [2.45, 2.75) is 32.7 Å². The van der Waals surface area contributed by atoms with E-state index in [1.165, 1.54) is 6.20 Å². The summed E-state index contributed by atoms with van der Waals surface area (Å²) in [7, 11) is 0. The molecule has 19 heavy (non-hydrogen) atoms. The van der Waals surface area contributed by atoms with Crippen LogP contribution in [-0.2, 0) is 6.42 Å².